The summed E-state index contributed by atoms with van der Waals surface area (Å²) in [6, 6.07) is 10.8. The van der Waals surface area contributed by atoms with Crippen LogP contribution in [-0.2, 0) is 0 Å². The van der Waals surface area contributed by atoms with Crippen molar-refractivity contribution < 1.29 is 13.9 Å². The summed E-state index contributed by atoms with van der Waals surface area (Å²) in [4.78, 5) is 19.8. The molecule has 0 bridgehead atoms. The summed E-state index contributed by atoms with van der Waals surface area (Å²) in [5.41, 5.74) is 1.02. The van der Waals surface area contributed by atoms with E-state index in [9.17, 15) is 9.18 Å². The van der Waals surface area contributed by atoms with Crippen LogP contribution < -0.4 is 10.1 Å². The number of fused-ring (bicyclic) bond motifs is 1. The Labute approximate surface area is 138 Å². The van der Waals surface area contributed by atoms with Crippen molar-refractivity contribution in [2.24, 2.45) is 0 Å². The molecule has 24 heavy (non-hydrogen) atoms. The maximum absolute atomic E-state index is 13.0. The van der Waals surface area contributed by atoms with Gasteiger partial charge in [-0.25, -0.2) is 4.39 Å². The van der Waals surface area contributed by atoms with Gasteiger partial charge in [0.2, 0.25) is 0 Å². The number of carbonyl (C=O) groups is 1. The van der Waals surface area contributed by atoms with Crippen LogP contribution in [0, 0.1) is 5.82 Å². The van der Waals surface area contributed by atoms with E-state index in [-0.39, 0.29) is 11.5 Å². The summed E-state index contributed by atoms with van der Waals surface area (Å²) >= 11 is 0. The quantitative estimate of drug-likeness (QED) is 0.708. The van der Waals surface area contributed by atoms with Gasteiger partial charge in [-0.15, -0.1) is 0 Å². The molecule has 0 aliphatic rings. The number of hydrogen-bond donors (Lipinski definition) is 1. The van der Waals surface area contributed by atoms with Gasteiger partial charge in [-0.2, -0.15) is 0 Å². The monoisotopic (exact) mass is 325 g/mol. The minimum Gasteiger partial charge on any atom is -0.491 e. The normalized spacial score (nSPS) is 10.5. The SMILES string of the molecule is O=C(NCCCOc1cccc2cccnc12)c1cncc(F)c1. The van der Waals surface area contributed by atoms with Crippen molar-refractivity contribution in [3.63, 3.8) is 0 Å². The molecule has 0 spiro atoms. The second kappa shape index (κ2) is 7.50. The topological polar surface area (TPSA) is 64.1 Å². The third-order valence-electron chi connectivity index (χ3n) is 3.43. The van der Waals surface area contributed by atoms with Gasteiger partial charge in [0.15, 0.2) is 0 Å². The Morgan fingerprint density at radius 1 is 1.21 bits per heavy atom. The van der Waals surface area contributed by atoms with Crippen LogP contribution in [0.4, 0.5) is 4.39 Å². The van der Waals surface area contributed by atoms with Crippen molar-refractivity contribution >= 4 is 16.8 Å². The van der Waals surface area contributed by atoms with Crippen molar-refractivity contribution in [2.75, 3.05) is 13.2 Å². The maximum atomic E-state index is 13.0. The molecule has 0 aliphatic carbocycles. The van der Waals surface area contributed by atoms with E-state index in [1.165, 1.54) is 6.20 Å². The van der Waals surface area contributed by atoms with E-state index in [0.29, 0.717) is 25.3 Å². The number of amides is 1. The van der Waals surface area contributed by atoms with Crippen LogP contribution in [-0.4, -0.2) is 29.0 Å². The Hall–Kier alpha value is -3.02. The minimum absolute atomic E-state index is 0.203. The van der Waals surface area contributed by atoms with Crippen LogP contribution >= 0.6 is 0 Å². The number of nitrogens with zero attached hydrogens (tertiary/aromatic N) is 2. The standard InChI is InChI=1S/C18H16FN3O2/c19-15-10-14(11-20-12-15)18(23)22-8-3-9-24-16-6-1-4-13-5-2-7-21-17(13)16/h1-2,4-7,10-12H,3,8-9H2,(H,22,23). The van der Waals surface area contributed by atoms with Crippen molar-refractivity contribution in [1.82, 2.24) is 15.3 Å². The third-order valence-corrected chi connectivity index (χ3v) is 3.43. The van der Waals surface area contributed by atoms with E-state index in [1.54, 1.807) is 6.20 Å². The molecule has 0 saturated heterocycles. The van der Waals surface area contributed by atoms with Gasteiger partial charge in [0.05, 0.1) is 18.4 Å². The third kappa shape index (κ3) is 3.84. The molecule has 0 fully saturated rings. The second-order valence-corrected chi connectivity index (χ2v) is 5.18. The zero-order valence-electron chi connectivity index (χ0n) is 12.9. The summed E-state index contributed by atoms with van der Waals surface area (Å²) in [5, 5.41) is 3.72. The molecule has 5 nitrogen and oxygen atoms in total. The number of pyridine rings is 2. The average Bonchev–Trinajstić information content (AvgIpc) is 2.61. The van der Waals surface area contributed by atoms with Crippen molar-refractivity contribution in [2.45, 2.75) is 6.42 Å². The Kier molecular flexibility index (Phi) is 4.96. The predicted molar refractivity (Wildman–Crippen MR) is 88.4 cm³/mol. The van der Waals surface area contributed by atoms with Gasteiger partial charge in [0, 0.05) is 24.3 Å². The van der Waals surface area contributed by atoms with Gasteiger partial charge in [-0.1, -0.05) is 18.2 Å². The van der Waals surface area contributed by atoms with E-state index in [4.69, 9.17) is 4.74 Å². The lowest BCUT2D eigenvalue weighted by Gasteiger charge is -2.09. The largest absolute Gasteiger partial charge is 0.491 e. The molecular weight excluding hydrogens is 309 g/mol. The molecule has 6 heteroatoms. The molecule has 2 heterocycles. The van der Waals surface area contributed by atoms with Crippen LogP contribution in [0.25, 0.3) is 10.9 Å². The number of benzene rings is 1. The fraction of sp³-hybridized carbons (Fsp3) is 0.167. The lowest BCUT2D eigenvalue weighted by Crippen LogP contribution is -2.25. The molecule has 3 aromatic rings. The summed E-state index contributed by atoms with van der Waals surface area (Å²) in [6.07, 6.45) is 4.74. The number of carbonyl (C=O) groups excluding carboxylic acids is 1. The highest BCUT2D eigenvalue weighted by atomic mass is 19.1. The van der Waals surface area contributed by atoms with Crippen molar-refractivity contribution in [3.05, 3.63) is 66.4 Å². The number of aromatic nitrogens is 2. The highest BCUT2D eigenvalue weighted by Gasteiger charge is 2.06. The second-order valence-electron chi connectivity index (χ2n) is 5.18. The fourth-order valence-electron chi connectivity index (χ4n) is 2.29. The predicted octanol–water partition coefficient (Wildman–Crippen LogP) is 2.97. The Morgan fingerprint density at radius 3 is 2.96 bits per heavy atom. The smallest absolute Gasteiger partial charge is 0.252 e. The Balaban J connectivity index is 1.48. The number of nitrogens with one attached hydrogen (secondary N) is 1. The number of ether oxygens (including phenoxy) is 1. The summed E-state index contributed by atoms with van der Waals surface area (Å²) in [6.45, 7) is 0.866. The van der Waals surface area contributed by atoms with Crippen LogP contribution in [0.2, 0.25) is 0 Å². The van der Waals surface area contributed by atoms with Gasteiger partial charge in [0.1, 0.15) is 17.1 Å². The van der Waals surface area contributed by atoms with E-state index in [1.807, 2.05) is 30.3 Å². The van der Waals surface area contributed by atoms with Gasteiger partial charge in [-0.05, 0) is 24.6 Å². The molecule has 1 aromatic carbocycles. The highest BCUT2D eigenvalue weighted by Crippen LogP contribution is 2.22. The van der Waals surface area contributed by atoms with Crippen molar-refractivity contribution in [1.29, 1.82) is 0 Å². The summed E-state index contributed by atoms with van der Waals surface area (Å²) < 4.78 is 18.8. The summed E-state index contributed by atoms with van der Waals surface area (Å²) in [7, 11) is 0. The summed E-state index contributed by atoms with van der Waals surface area (Å²) in [5.74, 6) is -0.169. The first-order chi connectivity index (χ1) is 11.7. The van der Waals surface area contributed by atoms with Gasteiger partial charge >= 0.3 is 0 Å². The van der Waals surface area contributed by atoms with Gasteiger partial charge in [0.25, 0.3) is 5.91 Å². The highest BCUT2D eigenvalue weighted by molar-refractivity contribution is 5.93. The van der Waals surface area contributed by atoms with Gasteiger partial charge in [-0.3, -0.25) is 14.8 Å². The lowest BCUT2D eigenvalue weighted by atomic mass is 10.2. The van der Waals surface area contributed by atoms with E-state index < -0.39 is 5.82 Å². The average molecular weight is 325 g/mol. The first-order valence-corrected chi connectivity index (χ1v) is 7.59. The molecule has 0 radical (unpaired) electrons. The molecule has 2 aromatic heterocycles. The zero-order chi connectivity index (χ0) is 16.8. The molecule has 122 valence electrons. The number of rotatable bonds is 6. The lowest BCUT2D eigenvalue weighted by molar-refractivity contribution is 0.0950. The van der Waals surface area contributed by atoms with Crippen LogP contribution in [0.15, 0.2) is 55.0 Å². The molecular formula is C18H16FN3O2. The van der Waals surface area contributed by atoms with E-state index in [0.717, 1.165) is 23.2 Å². The Bertz CT molecular complexity index is 849. The first kappa shape index (κ1) is 15.9. The molecule has 0 atom stereocenters. The number of para-hydroxylation sites is 1. The maximum Gasteiger partial charge on any atom is 0.252 e. The zero-order valence-corrected chi connectivity index (χ0v) is 12.9. The van der Waals surface area contributed by atoms with Crippen molar-refractivity contribution in [3.8, 4) is 5.75 Å². The molecule has 1 amide bonds. The molecule has 0 saturated carbocycles. The van der Waals surface area contributed by atoms with E-state index >= 15 is 0 Å². The molecule has 0 aliphatic heterocycles. The van der Waals surface area contributed by atoms with Crippen LogP contribution in [0.3, 0.4) is 0 Å². The fourth-order valence-corrected chi connectivity index (χ4v) is 2.29. The number of hydrogen-bond acceptors (Lipinski definition) is 4. The first-order valence-electron chi connectivity index (χ1n) is 7.59. The van der Waals surface area contributed by atoms with E-state index in [2.05, 4.69) is 15.3 Å². The molecule has 3 rings (SSSR count). The van der Waals surface area contributed by atoms with Gasteiger partial charge < -0.3 is 10.1 Å². The molecule has 1 N–H and O–H groups in total. The van der Waals surface area contributed by atoms with Crippen LogP contribution in [0.1, 0.15) is 16.8 Å². The van der Waals surface area contributed by atoms with Crippen LogP contribution in [0.5, 0.6) is 5.75 Å². The minimum atomic E-state index is -0.533. The number of halogens is 1. The Morgan fingerprint density at radius 2 is 2.08 bits per heavy atom. The molecule has 0 unspecified atom stereocenters.